The molecule has 0 spiro atoms. The van der Waals surface area contributed by atoms with Crippen LogP contribution in [0.25, 0.3) is 0 Å². The van der Waals surface area contributed by atoms with E-state index in [1.807, 2.05) is 27.7 Å². The van der Waals surface area contributed by atoms with Gasteiger partial charge in [-0.2, -0.15) is 0 Å². The van der Waals surface area contributed by atoms with Gasteiger partial charge < -0.3 is 20.6 Å². The number of β-amino-alcohol motifs (C(OH)–C–C–N with tert-alkyl or cyclic N) is 1. The van der Waals surface area contributed by atoms with Crippen LogP contribution in [0.1, 0.15) is 34.1 Å². The lowest BCUT2D eigenvalue weighted by Crippen LogP contribution is -2.40. The Morgan fingerprint density at radius 3 is 1.80 bits per heavy atom. The fourth-order valence-electron chi connectivity index (χ4n) is 1.14. The average molecular weight is 223 g/mol. The fraction of sp³-hybridized carbons (Fsp3) is 1.00. The summed E-state index contributed by atoms with van der Waals surface area (Å²) in [4.78, 5) is 0. The molecule has 4 heteroatoms. The Hall–Kier alpha value is -0.160. The van der Waals surface area contributed by atoms with Gasteiger partial charge in [-0.1, -0.05) is 27.7 Å². The smallest absolute Gasteiger partial charge is 0.0668 e. The topological polar surface area (TPSA) is 72.7 Å². The van der Waals surface area contributed by atoms with Crippen LogP contribution >= 0.6 is 0 Å². The van der Waals surface area contributed by atoms with Crippen LogP contribution in [-0.2, 0) is 0 Å². The van der Waals surface area contributed by atoms with Crippen molar-refractivity contribution in [3.8, 4) is 0 Å². The monoisotopic (exact) mass is 223 g/mol. The minimum atomic E-state index is -0.254. The summed E-state index contributed by atoms with van der Waals surface area (Å²) in [5.74, 6) is 0.258. The van der Waals surface area contributed by atoms with Crippen LogP contribution < -0.4 is 5.32 Å². The minimum absolute atomic E-state index is 0.185. The zero-order valence-corrected chi connectivity index (χ0v) is 10.8. The average Bonchev–Trinajstić information content (AvgIpc) is 2.36. The zero-order chi connectivity index (χ0) is 12.7. The molecule has 0 bridgehead atoms. The van der Waals surface area contributed by atoms with E-state index in [2.05, 4.69) is 5.32 Å². The fourth-order valence-corrected chi connectivity index (χ4v) is 1.14. The second-order valence-corrected chi connectivity index (χ2v) is 2.60. The van der Waals surface area contributed by atoms with Crippen LogP contribution in [0.5, 0.6) is 0 Å². The molecule has 1 aliphatic rings. The molecule has 4 N–H and O–H groups in total. The van der Waals surface area contributed by atoms with E-state index in [9.17, 15) is 0 Å². The lowest BCUT2D eigenvalue weighted by molar-refractivity contribution is 0.0879. The van der Waals surface area contributed by atoms with E-state index < -0.39 is 0 Å². The quantitative estimate of drug-likeness (QED) is 0.525. The van der Waals surface area contributed by atoms with Gasteiger partial charge in [0.1, 0.15) is 0 Å². The molecule has 2 unspecified atom stereocenters. The van der Waals surface area contributed by atoms with Crippen molar-refractivity contribution in [2.24, 2.45) is 5.92 Å². The Balaban J connectivity index is -0.000000208. The molecule has 0 aromatic carbocycles. The largest absolute Gasteiger partial charge is 0.400 e. The third-order valence-corrected chi connectivity index (χ3v) is 1.68. The third kappa shape index (κ3) is 13.8. The van der Waals surface area contributed by atoms with Crippen molar-refractivity contribution < 1.29 is 15.3 Å². The number of aliphatic hydroxyl groups is 3. The van der Waals surface area contributed by atoms with E-state index in [0.29, 0.717) is 6.54 Å². The first kappa shape index (κ1) is 20.3. The van der Waals surface area contributed by atoms with Crippen molar-refractivity contribution in [1.82, 2.24) is 5.32 Å². The van der Waals surface area contributed by atoms with Gasteiger partial charge in [0.05, 0.1) is 6.10 Å². The van der Waals surface area contributed by atoms with E-state index in [1.165, 1.54) is 0 Å². The maximum Gasteiger partial charge on any atom is 0.0668 e. The number of rotatable bonds is 1. The van der Waals surface area contributed by atoms with Gasteiger partial charge in [0.2, 0.25) is 0 Å². The molecule has 1 aliphatic heterocycles. The van der Waals surface area contributed by atoms with Crippen molar-refractivity contribution in [2.75, 3.05) is 26.8 Å². The van der Waals surface area contributed by atoms with Gasteiger partial charge in [-0.3, -0.25) is 0 Å². The summed E-state index contributed by atoms with van der Waals surface area (Å²) < 4.78 is 0. The molecular weight excluding hydrogens is 194 g/mol. The van der Waals surface area contributed by atoms with Gasteiger partial charge in [-0.05, 0) is 12.3 Å². The summed E-state index contributed by atoms with van der Waals surface area (Å²) >= 11 is 0. The molecular formula is C11H29NO3. The van der Waals surface area contributed by atoms with E-state index in [-0.39, 0.29) is 18.6 Å². The summed E-state index contributed by atoms with van der Waals surface area (Å²) in [6.45, 7) is 9.70. The predicted octanol–water partition coefficient (Wildman–Crippen LogP) is 0.610. The normalized spacial score (nSPS) is 23.2. The standard InChI is InChI=1S/C6H13NO2.2C2H6.CH4O/c8-4-5-1-6(9)3-7-2-5;3*1-2/h5-9H,1-4H2;2*1-2H3;2H,1H3. The van der Waals surface area contributed by atoms with Crippen LogP contribution in [0.4, 0.5) is 0 Å². The second-order valence-electron chi connectivity index (χ2n) is 2.60. The molecule has 0 amide bonds. The van der Waals surface area contributed by atoms with Crippen LogP contribution in [0.15, 0.2) is 0 Å². The minimum Gasteiger partial charge on any atom is -0.400 e. The highest BCUT2D eigenvalue weighted by Gasteiger charge is 2.17. The number of aliphatic hydroxyl groups excluding tert-OH is 3. The summed E-state index contributed by atoms with van der Waals surface area (Å²) in [5.41, 5.74) is 0. The summed E-state index contributed by atoms with van der Waals surface area (Å²) in [6, 6.07) is 0. The molecule has 1 rings (SSSR count). The number of hydrogen-bond donors (Lipinski definition) is 4. The van der Waals surface area contributed by atoms with Crippen LogP contribution in [0.2, 0.25) is 0 Å². The Labute approximate surface area is 94.3 Å². The molecule has 1 heterocycles. The van der Waals surface area contributed by atoms with Crippen LogP contribution in [0.3, 0.4) is 0 Å². The molecule has 4 nitrogen and oxygen atoms in total. The first-order valence-corrected chi connectivity index (χ1v) is 5.77. The maximum atomic E-state index is 9.04. The lowest BCUT2D eigenvalue weighted by atomic mass is 9.99. The van der Waals surface area contributed by atoms with E-state index in [1.54, 1.807) is 0 Å². The molecule has 96 valence electrons. The summed E-state index contributed by atoms with van der Waals surface area (Å²) in [6.07, 6.45) is 0.486. The first-order valence-electron chi connectivity index (χ1n) is 5.77. The van der Waals surface area contributed by atoms with Crippen molar-refractivity contribution in [1.29, 1.82) is 0 Å². The predicted molar refractivity (Wildman–Crippen MR) is 64.9 cm³/mol. The SMILES string of the molecule is CC.CC.CO.OCC1CNCC(O)C1. The van der Waals surface area contributed by atoms with Crippen molar-refractivity contribution in [3.05, 3.63) is 0 Å². The van der Waals surface area contributed by atoms with Crippen LogP contribution in [-0.4, -0.2) is 48.2 Å². The molecule has 15 heavy (non-hydrogen) atoms. The maximum absolute atomic E-state index is 9.04. The highest BCUT2D eigenvalue weighted by Crippen LogP contribution is 2.08. The van der Waals surface area contributed by atoms with E-state index in [4.69, 9.17) is 15.3 Å². The molecule has 2 atom stereocenters. The number of nitrogens with one attached hydrogen (secondary N) is 1. The molecule has 0 radical (unpaired) electrons. The molecule has 0 aliphatic carbocycles. The van der Waals surface area contributed by atoms with E-state index in [0.717, 1.165) is 20.1 Å². The van der Waals surface area contributed by atoms with Crippen molar-refractivity contribution in [3.63, 3.8) is 0 Å². The first-order chi connectivity index (χ1) is 7.33. The second kappa shape index (κ2) is 19.4. The summed E-state index contributed by atoms with van der Waals surface area (Å²) in [7, 11) is 1.00. The molecule has 0 saturated carbocycles. The number of piperidine rings is 1. The van der Waals surface area contributed by atoms with Gasteiger partial charge in [0.25, 0.3) is 0 Å². The Kier molecular flexibility index (Phi) is 26.2. The van der Waals surface area contributed by atoms with Gasteiger partial charge in [-0.25, -0.2) is 0 Å². The number of hydrogen-bond acceptors (Lipinski definition) is 4. The lowest BCUT2D eigenvalue weighted by Gasteiger charge is -2.24. The molecule has 1 fully saturated rings. The Bertz CT molecular complexity index is 91.9. The third-order valence-electron chi connectivity index (χ3n) is 1.68. The summed E-state index contributed by atoms with van der Waals surface area (Å²) in [5, 5.41) is 27.7. The van der Waals surface area contributed by atoms with Gasteiger partial charge in [-0.15, -0.1) is 0 Å². The van der Waals surface area contributed by atoms with Gasteiger partial charge in [0, 0.05) is 26.8 Å². The highest BCUT2D eigenvalue weighted by molar-refractivity contribution is 4.74. The Morgan fingerprint density at radius 1 is 1.07 bits per heavy atom. The molecule has 1 saturated heterocycles. The molecule has 0 aromatic heterocycles. The van der Waals surface area contributed by atoms with E-state index >= 15 is 0 Å². The zero-order valence-electron chi connectivity index (χ0n) is 10.8. The highest BCUT2D eigenvalue weighted by atomic mass is 16.3. The Morgan fingerprint density at radius 2 is 1.53 bits per heavy atom. The van der Waals surface area contributed by atoms with Crippen molar-refractivity contribution >= 4 is 0 Å². The van der Waals surface area contributed by atoms with Crippen LogP contribution in [0, 0.1) is 5.92 Å². The molecule has 0 aromatic rings. The van der Waals surface area contributed by atoms with Gasteiger partial charge in [0.15, 0.2) is 0 Å². The van der Waals surface area contributed by atoms with Crippen molar-refractivity contribution in [2.45, 2.75) is 40.2 Å². The van der Waals surface area contributed by atoms with Gasteiger partial charge >= 0.3 is 0 Å².